The van der Waals surface area contributed by atoms with E-state index in [0.717, 1.165) is 6.20 Å². The molecule has 6 nitrogen and oxygen atoms in total. The molecule has 8 heteroatoms. The predicted octanol–water partition coefficient (Wildman–Crippen LogP) is 2.40. The molecule has 0 saturated carbocycles. The second kappa shape index (κ2) is 7.53. The number of nitrogens with zero attached hydrogens (tertiary/aromatic N) is 1. The highest BCUT2D eigenvalue weighted by atomic mass is 35.5. The van der Waals surface area contributed by atoms with Gasteiger partial charge in [-0.1, -0.05) is 29.3 Å². The van der Waals surface area contributed by atoms with Gasteiger partial charge in [0.15, 0.2) is 0 Å². The van der Waals surface area contributed by atoms with E-state index >= 15 is 0 Å². The van der Waals surface area contributed by atoms with Crippen LogP contribution in [0.15, 0.2) is 30.0 Å². The highest BCUT2D eigenvalue weighted by Gasteiger charge is 2.17. The second-order valence-corrected chi connectivity index (χ2v) is 4.73. The number of rotatable bonds is 5. The van der Waals surface area contributed by atoms with E-state index in [1.807, 2.05) is 0 Å². The first-order valence-corrected chi connectivity index (χ1v) is 6.47. The lowest BCUT2D eigenvalue weighted by molar-refractivity contribution is -0.140. The quantitative estimate of drug-likeness (QED) is 0.569. The number of carboxylic acids is 1. The number of anilines is 1. The van der Waals surface area contributed by atoms with Gasteiger partial charge < -0.3 is 15.7 Å². The first-order chi connectivity index (χ1) is 9.86. The van der Waals surface area contributed by atoms with Crippen LogP contribution in [0.2, 0.25) is 10.0 Å². The third-order valence-corrected chi connectivity index (χ3v) is 3.23. The highest BCUT2D eigenvalue weighted by Crippen LogP contribution is 2.29. The number of hydrogen-bond donors (Lipinski definition) is 3. The van der Waals surface area contributed by atoms with Crippen molar-refractivity contribution in [2.45, 2.75) is 13.0 Å². The highest BCUT2D eigenvalue weighted by molar-refractivity contribution is 6.43. The fourth-order valence-electron chi connectivity index (χ4n) is 1.25. The van der Waals surface area contributed by atoms with Crippen LogP contribution in [0.1, 0.15) is 6.92 Å². The number of nitriles is 1. The Kier molecular flexibility index (Phi) is 6.03. The molecule has 1 aromatic carbocycles. The third-order valence-electron chi connectivity index (χ3n) is 2.41. The van der Waals surface area contributed by atoms with Gasteiger partial charge in [-0.15, -0.1) is 0 Å². The molecule has 0 aliphatic heterocycles. The molecule has 0 aliphatic carbocycles. The van der Waals surface area contributed by atoms with Crippen molar-refractivity contribution >= 4 is 40.8 Å². The molecule has 0 aliphatic rings. The minimum absolute atomic E-state index is 0.243. The molecular weight excluding hydrogens is 317 g/mol. The summed E-state index contributed by atoms with van der Waals surface area (Å²) in [6.07, 6.45) is 1.13. The number of carbonyl (C=O) groups is 2. The normalized spacial score (nSPS) is 12.2. The van der Waals surface area contributed by atoms with Gasteiger partial charge in [0.1, 0.15) is 17.7 Å². The van der Waals surface area contributed by atoms with Crippen LogP contribution in [0.25, 0.3) is 0 Å². The Hall–Kier alpha value is -2.23. The van der Waals surface area contributed by atoms with Gasteiger partial charge >= 0.3 is 5.97 Å². The predicted molar refractivity (Wildman–Crippen MR) is 79.0 cm³/mol. The maximum absolute atomic E-state index is 11.7. The van der Waals surface area contributed by atoms with Crippen LogP contribution >= 0.6 is 23.2 Å². The van der Waals surface area contributed by atoms with Crippen molar-refractivity contribution in [2.75, 3.05) is 5.32 Å². The summed E-state index contributed by atoms with van der Waals surface area (Å²) in [4.78, 5) is 22.3. The zero-order valence-electron chi connectivity index (χ0n) is 10.9. The number of carboxylic acid groups (broad SMARTS) is 1. The van der Waals surface area contributed by atoms with Gasteiger partial charge in [0.25, 0.3) is 5.91 Å². The lowest BCUT2D eigenvalue weighted by Crippen LogP contribution is -2.39. The van der Waals surface area contributed by atoms with Gasteiger partial charge in [0, 0.05) is 6.20 Å². The standard InChI is InChI=1S/C13H11Cl2N3O3/c1-7(13(20)21)18-12(19)8(5-16)6-17-10-4-2-3-9(14)11(10)15/h2-4,6-7,17H,1H3,(H,18,19)(H,20,21)/b8-6-. The minimum atomic E-state index is -1.20. The Morgan fingerprint density at radius 3 is 2.67 bits per heavy atom. The molecule has 1 aromatic rings. The summed E-state index contributed by atoms with van der Waals surface area (Å²) in [5.74, 6) is -2.01. The monoisotopic (exact) mass is 327 g/mol. The van der Waals surface area contributed by atoms with Crippen molar-refractivity contribution < 1.29 is 14.7 Å². The zero-order chi connectivity index (χ0) is 16.0. The molecule has 0 radical (unpaired) electrons. The summed E-state index contributed by atoms with van der Waals surface area (Å²) in [5, 5.41) is 23.0. The molecule has 0 saturated heterocycles. The van der Waals surface area contributed by atoms with Crippen LogP contribution in [0, 0.1) is 11.3 Å². The number of hydrogen-bond acceptors (Lipinski definition) is 4. The van der Waals surface area contributed by atoms with Crippen LogP contribution < -0.4 is 10.6 Å². The Labute approximate surface area is 131 Å². The summed E-state index contributed by atoms with van der Waals surface area (Å²) >= 11 is 11.8. The van der Waals surface area contributed by atoms with Crippen molar-refractivity contribution in [3.05, 3.63) is 40.0 Å². The van der Waals surface area contributed by atoms with E-state index in [-0.39, 0.29) is 10.6 Å². The Balaban J connectivity index is 2.85. The maximum atomic E-state index is 11.7. The average Bonchev–Trinajstić information content (AvgIpc) is 2.43. The van der Waals surface area contributed by atoms with E-state index < -0.39 is 17.9 Å². The first-order valence-electron chi connectivity index (χ1n) is 5.71. The molecule has 0 bridgehead atoms. The smallest absolute Gasteiger partial charge is 0.325 e. The van der Waals surface area contributed by atoms with Crippen molar-refractivity contribution in [3.8, 4) is 6.07 Å². The number of aliphatic carboxylic acids is 1. The number of halogens is 2. The van der Waals surface area contributed by atoms with Crippen molar-refractivity contribution in [1.29, 1.82) is 5.26 Å². The van der Waals surface area contributed by atoms with Crippen molar-refractivity contribution in [2.24, 2.45) is 0 Å². The molecule has 21 heavy (non-hydrogen) atoms. The Bertz CT molecular complexity index is 638. The summed E-state index contributed by atoms with van der Waals surface area (Å²) < 4.78 is 0. The molecule has 110 valence electrons. The molecular formula is C13H11Cl2N3O3. The molecule has 0 aromatic heterocycles. The molecule has 1 atom stereocenters. The summed E-state index contributed by atoms with van der Waals surface area (Å²) in [6.45, 7) is 1.29. The first kappa shape index (κ1) is 16.8. The molecule has 0 heterocycles. The zero-order valence-corrected chi connectivity index (χ0v) is 12.4. The molecule has 1 amide bonds. The van der Waals surface area contributed by atoms with Gasteiger partial charge in [-0.3, -0.25) is 9.59 Å². The largest absolute Gasteiger partial charge is 0.480 e. The van der Waals surface area contributed by atoms with Gasteiger partial charge in [0.2, 0.25) is 0 Å². The van der Waals surface area contributed by atoms with Crippen LogP contribution in [0.3, 0.4) is 0 Å². The number of nitrogens with one attached hydrogen (secondary N) is 2. The Morgan fingerprint density at radius 2 is 2.10 bits per heavy atom. The van der Waals surface area contributed by atoms with Crippen molar-refractivity contribution in [1.82, 2.24) is 5.32 Å². The number of benzene rings is 1. The van der Waals surface area contributed by atoms with E-state index in [9.17, 15) is 9.59 Å². The van der Waals surface area contributed by atoms with E-state index in [1.54, 1.807) is 24.3 Å². The SMILES string of the molecule is CC(NC(=O)/C(C#N)=C\Nc1cccc(Cl)c1Cl)C(=O)O. The topological polar surface area (TPSA) is 102 Å². The fraction of sp³-hybridized carbons (Fsp3) is 0.154. The fourth-order valence-corrected chi connectivity index (χ4v) is 1.60. The molecule has 1 rings (SSSR count). The van der Waals surface area contributed by atoms with Crippen LogP contribution in [0.5, 0.6) is 0 Å². The molecule has 0 fully saturated rings. The van der Waals surface area contributed by atoms with Gasteiger partial charge in [-0.05, 0) is 19.1 Å². The molecule has 1 unspecified atom stereocenters. The second-order valence-electron chi connectivity index (χ2n) is 3.95. The van der Waals surface area contributed by atoms with E-state index in [1.165, 1.54) is 6.92 Å². The van der Waals surface area contributed by atoms with Gasteiger partial charge in [0.05, 0.1) is 15.7 Å². The maximum Gasteiger partial charge on any atom is 0.325 e. The lowest BCUT2D eigenvalue weighted by atomic mass is 10.2. The Morgan fingerprint density at radius 1 is 1.43 bits per heavy atom. The van der Waals surface area contributed by atoms with E-state index in [2.05, 4.69) is 10.6 Å². The summed E-state index contributed by atoms with van der Waals surface area (Å²) in [6, 6.07) is 5.40. The van der Waals surface area contributed by atoms with Gasteiger partial charge in [-0.2, -0.15) is 5.26 Å². The minimum Gasteiger partial charge on any atom is -0.480 e. The van der Waals surface area contributed by atoms with E-state index in [0.29, 0.717) is 10.7 Å². The summed E-state index contributed by atoms with van der Waals surface area (Å²) in [7, 11) is 0. The van der Waals surface area contributed by atoms with Crippen LogP contribution in [-0.2, 0) is 9.59 Å². The van der Waals surface area contributed by atoms with E-state index in [4.69, 9.17) is 33.6 Å². The average molecular weight is 328 g/mol. The molecule has 0 spiro atoms. The number of amides is 1. The number of carbonyl (C=O) groups excluding carboxylic acids is 1. The molecule has 3 N–H and O–H groups in total. The lowest BCUT2D eigenvalue weighted by Gasteiger charge is -2.09. The van der Waals surface area contributed by atoms with Crippen LogP contribution in [0.4, 0.5) is 5.69 Å². The third kappa shape index (κ3) is 4.67. The van der Waals surface area contributed by atoms with Crippen molar-refractivity contribution in [3.63, 3.8) is 0 Å². The van der Waals surface area contributed by atoms with Crippen LogP contribution in [-0.4, -0.2) is 23.0 Å². The summed E-state index contributed by atoms with van der Waals surface area (Å²) in [5.41, 5.74) is 0.121. The van der Waals surface area contributed by atoms with Gasteiger partial charge in [-0.25, -0.2) is 0 Å².